The number of hydrogen-bond acceptors (Lipinski definition) is 3. The molecule has 1 rings (SSSR count). The van der Waals surface area contributed by atoms with Crippen LogP contribution in [0.15, 0.2) is 6.20 Å². The van der Waals surface area contributed by atoms with Gasteiger partial charge in [-0.25, -0.2) is 4.98 Å². The van der Waals surface area contributed by atoms with E-state index in [0.29, 0.717) is 6.29 Å². The normalized spacial score (nSPS) is 13.5. The molecule has 0 radical (unpaired) electrons. The van der Waals surface area contributed by atoms with E-state index < -0.39 is 20.2 Å². The molecule has 0 aliphatic rings. The maximum Gasteiger partial charge on any atom is 0.434 e. The summed E-state index contributed by atoms with van der Waals surface area (Å²) < 4.78 is 44.8. The van der Waals surface area contributed by atoms with E-state index in [-0.39, 0.29) is 24.0 Å². The van der Waals surface area contributed by atoms with Crippen molar-refractivity contribution in [2.75, 3.05) is 6.61 Å². The number of alkyl halides is 3. The third-order valence-corrected chi connectivity index (χ3v) is 8.34. The van der Waals surface area contributed by atoms with Gasteiger partial charge in [-0.05, 0) is 18.1 Å². The second-order valence-corrected chi connectivity index (χ2v) is 11.2. The standard InChI is InChI=1S/C13H21F3N2O2Si/c1-12(2,3)21(4,5)20-7-6-18-8-10(13(14,15)16)17-11(18)9-19/h8-9H,6-7H2,1-5H3. The first-order chi connectivity index (χ1) is 9.38. The Kier molecular flexibility index (Phi) is 5.04. The minimum absolute atomic E-state index is 0.0204. The highest BCUT2D eigenvalue weighted by molar-refractivity contribution is 6.74. The monoisotopic (exact) mass is 322 g/mol. The number of hydrogen-bond donors (Lipinski definition) is 0. The number of halogens is 3. The van der Waals surface area contributed by atoms with Crippen molar-refractivity contribution in [3.8, 4) is 0 Å². The molecular formula is C13H21F3N2O2Si. The van der Waals surface area contributed by atoms with E-state index in [0.717, 1.165) is 6.20 Å². The fraction of sp³-hybridized carbons (Fsp3) is 0.692. The van der Waals surface area contributed by atoms with E-state index in [1.54, 1.807) is 0 Å². The SMILES string of the molecule is CC(C)(C)[Si](C)(C)OCCn1cc(C(F)(F)F)nc1C=O. The van der Waals surface area contributed by atoms with Crippen LogP contribution < -0.4 is 0 Å². The van der Waals surface area contributed by atoms with Crippen LogP contribution in [0.3, 0.4) is 0 Å². The molecule has 120 valence electrons. The number of aromatic nitrogens is 2. The molecule has 0 saturated carbocycles. The zero-order valence-corrected chi connectivity index (χ0v) is 13.9. The van der Waals surface area contributed by atoms with E-state index >= 15 is 0 Å². The average Bonchev–Trinajstić information content (AvgIpc) is 2.70. The lowest BCUT2D eigenvalue weighted by atomic mass is 10.2. The van der Waals surface area contributed by atoms with Crippen LogP contribution in [0, 0.1) is 0 Å². The van der Waals surface area contributed by atoms with E-state index in [9.17, 15) is 18.0 Å². The van der Waals surface area contributed by atoms with Crippen molar-refractivity contribution in [1.29, 1.82) is 0 Å². The third kappa shape index (κ3) is 4.41. The summed E-state index contributed by atoms with van der Waals surface area (Å²) in [4.78, 5) is 14.1. The fourth-order valence-corrected chi connectivity index (χ4v) is 2.49. The maximum atomic E-state index is 12.6. The molecular weight excluding hydrogens is 301 g/mol. The van der Waals surface area contributed by atoms with Crippen LogP contribution in [0.4, 0.5) is 13.2 Å². The average molecular weight is 322 g/mol. The number of aldehydes is 1. The summed E-state index contributed by atoms with van der Waals surface area (Å²) in [7, 11) is -1.96. The van der Waals surface area contributed by atoms with Gasteiger partial charge < -0.3 is 8.99 Å². The topological polar surface area (TPSA) is 44.1 Å². The van der Waals surface area contributed by atoms with Gasteiger partial charge in [0, 0.05) is 12.7 Å². The molecule has 0 aliphatic carbocycles. The molecule has 1 aromatic rings. The lowest BCUT2D eigenvalue weighted by Crippen LogP contribution is -2.41. The van der Waals surface area contributed by atoms with Crippen LogP contribution >= 0.6 is 0 Å². The number of carbonyl (C=O) groups excluding carboxylic acids is 1. The molecule has 0 unspecified atom stereocenters. The van der Waals surface area contributed by atoms with Gasteiger partial charge in [0.25, 0.3) is 0 Å². The molecule has 0 amide bonds. The van der Waals surface area contributed by atoms with Gasteiger partial charge in [-0.2, -0.15) is 13.2 Å². The molecule has 1 heterocycles. The lowest BCUT2D eigenvalue weighted by Gasteiger charge is -2.36. The Bertz CT molecular complexity index is 504. The molecule has 1 aromatic heterocycles. The van der Waals surface area contributed by atoms with Crippen LogP contribution in [0.1, 0.15) is 37.1 Å². The van der Waals surface area contributed by atoms with E-state index in [1.807, 2.05) is 0 Å². The second kappa shape index (κ2) is 5.92. The number of rotatable bonds is 5. The van der Waals surface area contributed by atoms with Crippen molar-refractivity contribution in [1.82, 2.24) is 9.55 Å². The predicted octanol–water partition coefficient (Wildman–Crippen LogP) is 3.74. The van der Waals surface area contributed by atoms with Gasteiger partial charge in [-0.1, -0.05) is 20.8 Å². The zero-order chi connectivity index (χ0) is 16.5. The lowest BCUT2D eigenvalue weighted by molar-refractivity contribution is -0.141. The molecule has 21 heavy (non-hydrogen) atoms. The Morgan fingerprint density at radius 3 is 2.33 bits per heavy atom. The fourth-order valence-electron chi connectivity index (χ4n) is 1.46. The molecule has 0 aromatic carbocycles. The van der Waals surface area contributed by atoms with Crippen LogP contribution in [-0.2, 0) is 17.1 Å². The summed E-state index contributed by atoms with van der Waals surface area (Å²) in [6.07, 6.45) is -3.39. The third-order valence-electron chi connectivity index (χ3n) is 3.80. The van der Waals surface area contributed by atoms with Crippen molar-refractivity contribution >= 4 is 14.6 Å². The van der Waals surface area contributed by atoms with Crippen LogP contribution in [0.5, 0.6) is 0 Å². The Balaban J connectivity index is 2.77. The van der Waals surface area contributed by atoms with Gasteiger partial charge in [-0.15, -0.1) is 0 Å². The summed E-state index contributed by atoms with van der Waals surface area (Å²) >= 11 is 0. The smallest absolute Gasteiger partial charge is 0.415 e. The first kappa shape index (κ1) is 17.9. The molecule has 0 spiro atoms. The van der Waals surface area contributed by atoms with Gasteiger partial charge in [-0.3, -0.25) is 4.79 Å². The number of carbonyl (C=O) groups is 1. The highest BCUT2D eigenvalue weighted by Crippen LogP contribution is 2.36. The minimum Gasteiger partial charge on any atom is -0.415 e. The zero-order valence-electron chi connectivity index (χ0n) is 12.9. The second-order valence-electron chi connectivity index (χ2n) is 6.40. The van der Waals surface area contributed by atoms with E-state index in [1.165, 1.54) is 4.57 Å². The Morgan fingerprint density at radius 2 is 1.90 bits per heavy atom. The van der Waals surface area contributed by atoms with E-state index in [2.05, 4.69) is 38.8 Å². The summed E-state index contributed by atoms with van der Waals surface area (Å²) in [5.41, 5.74) is -1.06. The molecule has 0 fully saturated rings. The molecule has 0 bridgehead atoms. The van der Waals surface area contributed by atoms with Crippen molar-refractivity contribution in [2.45, 2.75) is 51.6 Å². The highest BCUT2D eigenvalue weighted by Gasteiger charge is 2.37. The summed E-state index contributed by atoms with van der Waals surface area (Å²) in [5.74, 6) is -0.235. The summed E-state index contributed by atoms with van der Waals surface area (Å²) in [6, 6.07) is 0. The van der Waals surface area contributed by atoms with Crippen molar-refractivity contribution in [3.63, 3.8) is 0 Å². The Morgan fingerprint density at radius 1 is 1.33 bits per heavy atom. The summed E-state index contributed by atoms with van der Waals surface area (Å²) in [6.45, 7) is 10.8. The Labute approximate surface area is 123 Å². The maximum absolute atomic E-state index is 12.6. The number of nitrogens with zero attached hydrogens (tertiary/aromatic N) is 2. The van der Waals surface area contributed by atoms with Gasteiger partial charge in [0.1, 0.15) is 0 Å². The van der Waals surface area contributed by atoms with Crippen molar-refractivity contribution in [2.24, 2.45) is 0 Å². The quantitative estimate of drug-likeness (QED) is 0.613. The molecule has 4 nitrogen and oxygen atoms in total. The van der Waals surface area contributed by atoms with Crippen LogP contribution in [0.25, 0.3) is 0 Å². The van der Waals surface area contributed by atoms with Crippen LogP contribution in [-0.4, -0.2) is 30.8 Å². The molecule has 0 atom stereocenters. The van der Waals surface area contributed by atoms with Gasteiger partial charge in [0.2, 0.25) is 0 Å². The Hall–Kier alpha value is -1.15. The highest BCUT2D eigenvalue weighted by atomic mass is 28.4. The minimum atomic E-state index is -4.55. The van der Waals surface area contributed by atoms with Crippen molar-refractivity contribution < 1.29 is 22.4 Å². The first-order valence-electron chi connectivity index (χ1n) is 6.62. The largest absolute Gasteiger partial charge is 0.434 e. The molecule has 8 heteroatoms. The summed E-state index contributed by atoms with van der Waals surface area (Å²) in [5, 5.41) is 0.0204. The van der Waals surface area contributed by atoms with Gasteiger partial charge >= 0.3 is 6.18 Å². The van der Waals surface area contributed by atoms with Crippen molar-refractivity contribution in [3.05, 3.63) is 17.7 Å². The first-order valence-corrected chi connectivity index (χ1v) is 9.53. The molecule has 0 N–H and O–H groups in total. The molecule has 0 saturated heterocycles. The van der Waals surface area contributed by atoms with Gasteiger partial charge in [0.15, 0.2) is 26.1 Å². The van der Waals surface area contributed by atoms with Crippen LogP contribution in [0.2, 0.25) is 18.1 Å². The predicted molar refractivity (Wildman–Crippen MR) is 75.8 cm³/mol. The van der Waals surface area contributed by atoms with Gasteiger partial charge in [0.05, 0.1) is 6.61 Å². The molecule has 0 aliphatic heterocycles. The van der Waals surface area contributed by atoms with E-state index in [4.69, 9.17) is 4.43 Å². The number of imidazole rings is 1.